The Hall–Kier alpha value is -1.54. The molecule has 1 atom stereocenters. The van der Waals surface area contributed by atoms with Crippen LogP contribution in [0.3, 0.4) is 0 Å². The topological polar surface area (TPSA) is 102 Å². The van der Waals surface area contributed by atoms with Gasteiger partial charge in [0.05, 0.1) is 12.9 Å². The van der Waals surface area contributed by atoms with Crippen molar-refractivity contribution in [3.8, 4) is 0 Å². The third-order valence-corrected chi connectivity index (χ3v) is 4.73. The smallest absolute Gasteiger partial charge is 0.414 e. The summed E-state index contributed by atoms with van der Waals surface area (Å²) < 4.78 is 7.97. The van der Waals surface area contributed by atoms with E-state index >= 15 is 0 Å². The first-order valence-corrected chi connectivity index (χ1v) is 10.2. The number of hydrogen-bond donors (Lipinski definition) is 2. The van der Waals surface area contributed by atoms with Gasteiger partial charge in [-0.1, -0.05) is 39.5 Å². The van der Waals surface area contributed by atoms with Gasteiger partial charge in [-0.15, -0.1) is 0 Å². The highest BCUT2D eigenvalue weighted by molar-refractivity contribution is 7.99. The van der Waals surface area contributed by atoms with Crippen molar-refractivity contribution in [3.05, 3.63) is 18.7 Å². The first-order chi connectivity index (χ1) is 12.5. The number of ether oxygens (including phenoxy) is 1. The zero-order valence-corrected chi connectivity index (χ0v) is 16.6. The normalized spacial score (nSPS) is 11.5. The highest BCUT2D eigenvalue weighted by Gasteiger charge is 2.10. The molecule has 2 N–H and O–H groups in total. The summed E-state index contributed by atoms with van der Waals surface area (Å²) >= 11 is 2.05. The minimum atomic E-state index is -1.82. The number of rotatable bonds is 13. The van der Waals surface area contributed by atoms with E-state index in [1.807, 2.05) is 18.7 Å². The summed E-state index contributed by atoms with van der Waals surface area (Å²) in [6.07, 6.45) is 13.5. The van der Waals surface area contributed by atoms with Crippen molar-refractivity contribution < 1.29 is 24.5 Å². The van der Waals surface area contributed by atoms with Gasteiger partial charge in [-0.25, -0.2) is 14.6 Å². The largest absolute Gasteiger partial charge is 0.473 e. The molecule has 1 unspecified atom stereocenters. The number of imidazole rings is 1. The Morgan fingerprint density at radius 1 is 1.12 bits per heavy atom. The fraction of sp³-hybridized carbons (Fsp3) is 0.722. The lowest BCUT2D eigenvalue weighted by atomic mass is 10.2. The van der Waals surface area contributed by atoms with Crippen molar-refractivity contribution in [2.45, 2.75) is 64.2 Å². The Bertz CT molecular complexity index is 456. The first-order valence-electron chi connectivity index (χ1n) is 9.12. The standard InChI is InChI=1S/C16H30N2OS.C2H2O4/c1-3-5-7-8-12-20-16(14-19-11-6-4-2)13-18-10-9-17-15-18;3-1(4)2(5)6/h9-10,15-16H,3-8,11-14H2,1-2H3;(H,3,4)(H,5,6). The second-order valence-electron chi connectivity index (χ2n) is 5.85. The molecule has 0 fully saturated rings. The second kappa shape index (κ2) is 16.9. The molecule has 0 aliphatic heterocycles. The lowest BCUT2D eigenvalue weighted by Gasteiger charge is -2.17. The molecule has 150 valence electrons. The van der Waals surface area contributed by atoms with E-state index < -0.39 is 11.9 Å². The number of carboxylic acid groups (broad SMARTS) is 2. The zero-order chi connectivity index (χ0) is 19.6. The number of unbranched alkanes of at least 4 members (excludes halogenated alkanes) is 4. The van der Waals surface area contributed by atoms with E-state index in [2.05, 4.69) is 35.2 Å². The molecular weight excluding hydrogens is 356 g/mol. The Morgan fingerprint density at radius 3 is 2.35 bits per heavy atom. The van der Waals surface area contributed by atoms with Gasteiger partial charge < -0.3 is 19.5 Å². The van der Waals surface area contributed by atoms with Crippen molar-refractivity contribution in [2.75, 3.05) is 19.0 Å². The maximum Gasteiger partial charge on any atom is 0.414 e. The number of aliphatic carboxylic acids is 2. The van der Waals surface area contributed by atoms with Gasteiger partial charge in [0.2, 0.25) is 0 Å². The number of carbonyl (C=O) groups is 2. The van der Waals surface area contributed by atoms with Gasteiger partial charge in [-0.3, -0.25) is 0 Å². The molecule has 0 spiro atoms. The van der Waals surface area contributed by atoms with Crippen LogP contribution in [0.25, 0.3) is 0 Å². The molecule has 0 bridgehead atoms. The molecule has 0 saturated heterocycles. The number of hydrogen-bond acceptors (Lipinski definition) is 5. The number of nitrogens with zero attached hydrogens (tertiary/aromatic N) is 2. The van der Waals surface area contributed by atoms with Gasteiger partial charge in [-0.2, -0.15) is 11.8 Å². The molecule has 0 radical (unpaired) electrons. The van der Waals surface area contributed by atoms with Crippen LogP contribution < -0.4 is 0 Å². The average Bonchev–Trinajstić information content (AvgIpc) is 3.11. The molecule has 8 heteroatoms. The first kappa shape index (κ1) is 24.5. The molecule has 0 aliphatic rings. The van der Waals surface area contributed by atoms with Crippen LogP contribution in [-0.4, -0.2) is 55.9 Å². The molecule has 1 rings (SSSR count). The van der Waals surface area contributed by atoms with Crippen LogP contribution in [0.2, 0.25) is 0 Å². The molecule has 26 heavy (non-hydrogen) atoms. The fourth-order valence-corrected chi connectivity index (χ4v) is 3.20. The molecule has 0 aliphatic carbocycles. The van der Waals surface area contributed by atoms with Crippen LogP contribution in [-0.2, 0) is 20.9 Å². The average molecular weight is 389 g/mol. The van der Waals surface area contributed by atoms with Crippen molar-refractivity contribution >= 4 is 23.7 Å². The van der Waals surface area contributed by atoms with E-state index in [9.17, 15) is 0 Å². The number of aromatic nitrogens is 2. The summed E-state index contributed by atoms with van der Waals surface area (Å²) in [6, 6.07) is 0. The van der Waals surface area contributed by atoms with E-state index in [1.54, 1.807) is 0 Å². The van der Waals surface area contributed by atoms with Crippen LogP contribution in [0.4, 0.5) is 0 Å². The molecule has 7 nitrogen and oxygen atoms in total. The summed E-state index contributed by atoms with van der Waals surface area (Å²) in [5.74, 6) is -2.40. The van der Waals surface area contributed by atoms with Gasteiger partial charge >= 0.3 is 11.9 Å². The van der Waals surface area contributed by atoms with E-state index in [-0.39, 0.29) is 0 Å². The van der Waals surface area contributed by atoms with Gasteiger partial charge in [0, 0.05) is 30.8 Å². The minimum absolute atomic E-state index is 0.544. The third kappa shape index (κ3) is 14.8. The maximum atomic E-state index is 9.10. The van der Waals surface area contributed by atoms with Crippen molar-refractivity contribution in [3.63, 3.8) is 0 Å². The van der Waals surface area contributed by atoms with Crippen LogP contribution in [0, 0.1) is 0 Å². The zero-order valence-electron chi connectivity index (χ0n) is 15.8. The highest BCUT2D eigenvalue weighted by Crippen LogP contribution is 2.17. The Balaban J connectivity index is 0.000000896. The lowest BCUT2D eigenvalue weighted by molar-refractivity contribution is -0.159. The minimum Gasteiger partial charge on any atom is -0.473 e. The maximum absolute atomic E-state index is 9.10. The van der Waals surface area contributed by atoms with E-state index in [4.69, 9.17) is 24.5 Å². The predicted molar refractivity (Wildman–Crippen MR) is 104 cm³/mol. The van der Waals surface area contributed by atoms with Crippen molar-refractivity contribution in [2.24, 2.45) is 0 Å². The summed E-state index contributed by atoms with van der Waals surface area (Å²) in [6.45, 7) is 7.22. The van der Waals surface area contributed by atoms with Crippen LogP contribution in [0.5, 0.6) is 0 Å². The quantitative estimate of drug-likeness (QED) is 0.393. The molecule has 0 saturated carbocycles. The fourth-order valence-electron chi connectivity index (χ4n) is 2.02. The summed E-state index contributed by atoms with van der Waals surface area (Å²) in [7, 11) is 0. The molecule has 1 aromatic rings. The van der Waals surface area contributed by atoms with E-state index in [0.717, 1.165) is 19.8 Å². The van der Waals surface area contributed by atoms with Crippen molar-refractivity contribution in [1.82, 2.24) is 9.55 Å². The van der Waals surface area contributed by atoms with E-state index in [1.165, 1.54) is 44.3 Å². The molecular formula is C18H32N2O5S. The number of thioether (sulfide) groups is 1. The number of carboxylic acids is 2. The van der Waals surface area contributed by atoms with Crippen LogP contribution >= 0.6 is 11.8 Å². The predicted octanol–water partition coefficient (Wildman–Crippen LogP) is 3.54. The molecule has 0 amide bonds. The van der Waals surface area contributed by atoms with Crippen LogP contribution in [0.15, 0.2) is 18.7 Å². The van der Waals surface area contributed by atoms with Crippen molar-refractivity contribution in [1.29, 1.82) is 0 Å². The Kier molecular flexibility index (Phi) is 15.9. The summed E-state index contributed by atoms with van der Waals surface area (Å²) in [5, 5.41) is 15.3. The molecule has 1 heterocycles. The van der Waals surface area contributed by atoms with Gasteiger partial charge in [0.15, 0.2) is 0 Å². The van der Waals surface area contributed by atoms with Gasteiger partial charge in [0.1, 0.15) is 0 Å². The monoisotopic (exact) mass is 388 g/mol. The lowest BCUT2D eigenvalue weighted by Crippen LogP contribution is -2.19. The molecule has 0 aromatic carbocycles. The van der Waals surface area contributed by atoms with Gasteiger partial charge in [-0.05, 0) is 18.6 Å². The SMILES string of the molecule is CCCCCCSC(COCCCC)Cn1ccnc1.O=C(O)C(=O)O. The second-order valence-corrected chi connectivity index (χ2v) is 7.26. The Labute approximate surface area is 160 Å². The van der Waals surface area contributed by atoms with Gasteiger partial charge in [0.25, 0.3) is 0 Å². The summed E-state index contributed by atoms with van der Waals surface area (Å²) in [5.41, 5.74) is 0. The van der Waals surface area contributed by atoms with E-state index in [0.29, 0.717) is 5.25 Å². The molecule has 1 aromatic heterocycles. The Morgan fingerprint density at radius 2 is 1.81 bits per heavy atom. The highest BCUT2D eigenvalue weighted by atomic mass is 32.2. The third-order valence-electron chi connectivity index (χ3n) is 3.45. The summed E-state index contributed by atoms with van der Waals surface area (Å²) in [4.78, 5) is 22.3. The van der Waals surface area contributed by atoms with Crippen LogP contribution in [0.1, 0.15) is 52.4 Å².